The lowest BCUT2D eigenvalue weighted by Crippen LogP contribution is -2.38. The topological polar surface area (TPSA) is 66.1 Å². The molecule has 5 rings (SSSR count). The standard InChI is InChI=1S/C27H24FN3O3/c1-17-15-30(16-29-17)23-11-3-18(14-25(23)34-2)13-20-6-9-22-10-12-24(32)26(31(22)27(20)33)19-4-7-21(28)8-5-19/h3-9,11,14-16,26H,10,12-13H2,1-2H3. The SMILES string of the molecule is COc1cc(Cc2ccc3n(c2=O)C(c2ccc(F)cc2)C(=O)CC3)ccc1-n1cnc(C)c1. The maximum Gasteiger partial charge on any atom is 0.255 e. The van der Waals surface area contributed by atoms with Crippen LogP contribution >= 0.6 is 0 Å². The van der Waals surface area contributed by atoms with Gasteiger partial charge in [-0.25, -0.2) is 9.37 Å². The minimum absolute atomic E-state index is 0.0417. The van der Waals surface area contributed by atoms with Crippen LogP contribution in [0.4, 0.5) is 4.39 Å². The number of carbonyl (C=O) groups is 1. The fraction of sp³-hybridized carbons (Fsp3) is 0.222. The summed E-state index contributed by atoms with van der Waals surface area (Å²) in [6.45, 7) is 1.92. The molecule has 1 aliphatic rings. The van der Waals surface area contributed by atoms with Crippen molar-refractivity contribution in [3.63, 3.8) is 0 Å². The van der Waals surface area contributed by atoms with Crippen LogP contribution in [0.15, 0.2) is 71.9 Å². The van der Waals surface area contributed by atoms with Gasteiger partial charge < -0.3 is 9.30 Å². The number of Topliss-reactive ketones (excluding diaryl/α,β-unsaturated/α-hetero) is 1. The Bertz CT molecular complexity index is 1440. The van der Waals surface area contributed by atoms with Crippen molar-refractivity contribution in [2.45, 2.75) is 32.2 Å². The number of ether oxygens (including phenoxy) is 1. The molecule has 2 aromatic carbocycles. The molecule has 0 aliphatic carbocycles. The van der Waals surface area contributed by atoms with Crippen LogP contribution < -0.4 is 10.3 Å². The van der Waals surface area contributed by atoms with E-state index in [9.17, 15) is 14.0 Å². The second kappa shape index (κ2) is 8.74. The number of aromatic nitrogens is 3. The average molecular weight is 458 g/mol. The molecule has 4 aromatic rings. The van der Waals surface area contributed by atoms with Crippen molar-refractivity contribution in [1.29, 1.82) is 0 Å². The van der Waals surface area contributed by atoms with E-state index in [1.54, 1.807) is 30.1 Å². The summed E-state index contributed by atoms with van der Waals surface area (Å²) < 4.78 is 22.5. The normalized spacial score (nSPS) is 15.3. The number of pyridine rings is 1. The van der Waals surface area contributed by atoms with E-state index in [4.69, 9.17) is 4.74 Å². The number of nitrogens with zero attached hydrogens (tertiary/aromatic N) is 3. The summed E-state index contributed by atoms with van der Waals surface area (Å²) >= 11 is 0. The van der Waals surface area contributed by atoms with Crippen molar-refractivity contribution in [1.82, 2.24) is 14.1 Å². The van der Waals surface area contributed by atoms with Crippen molar-refractivity contribution >= 4 is 5.78 Å². The van der Waals surface area contributed by atoms with Gasteiger partial charge in [0.1, 0.15) is 17.6 Å². The van der Waals surface area contributed by atoms with E-state index in [1.165, 1.54) is 12.1 Å². The zero-order chi connectivity index (χ0) is 23.8. The van der Waals surface area contributed by atoms with Crippen LogP contribution in [-0.2, 0) is 17.6 Å². The smallest absolute Gasteiger partial charge is 0.255 e. The Hall–Kier alpha value is -4.00. The molecule has 1 unspecified atom stereocenters. The van der Waals surface area contributed by atoms with Crippen molar-refractivity contribution in [2.24, 2.45) is 0 Å². The number of aryl methyl sites for hydroxylation is 2. The summed E-state index contributed by atoms with van der Waals surface area (Å²) in [6.07, 6.45) is 4.91. The highest BCUT2D eigenvalue weighted by Gasteiger charge is 2.30. The van der Waals surface area contributed by atoms with Gasteiger partial charge in [0.15, 0.2) is 5.78 Å². The molecule has 0 saturated heterocycles. The van der Waals surface area contributed by atoms with Gasteiger partial charge in [-0.1, -0.05) is 24.3 Å². The molecular weight excluding hydrogens is 433 g/mol. The first-order valence-corrected chi connectivity index (χ1v) is 11.1. The highest BCUT2D eigenvalue weighted by atomic mass is 19.1. The second-order valence-electron chi connectivity index (χ2n) is 8.55. The number of methoxy groups -OCH3 is 1. The van der Waals surface area contributed by atoms with Gasteiger partial charge in [-0.15, -0.1) is 0 Å². The molecule has 3 heterocycles. The summed E-state index contributed by atoms with van der Waals surface area (Å²) in [7, 11) is 1.61. The highest BCUT2D eigenvalue weighted by Crippen LogP contribution is 2.28. The number of carbonyl (C=O) groups excluding carboxylic acids is 1. The van der Waals surface area contributed by atoms with Crippen LogP contribution in [0.1, 0.15) is 40.5 Å². The molecule has 0 spiro atoms. The number of halogens is 1. The lowest BCUT2D eigenvalue weighted by atomic mass is 9.93. The maximum atomic E-state index is 13.6. The van der Waals surface area contributed by atoms with Gasteiger partial charge in [-0.2, -0.15) is 0 Å². The van der Waals surface area contributed by atoms with Crippen molar-refractivity contribution < 1.29 is 13.9 Å². The molecule has 0 saturated carbocycles. The zero-order valence-corrected chi connectivity index (χ0v) is 19.0. The minimum Gasteiger partial charge on any atom is -0.495 e. The summed E-state index contributed by atoms with van der Waals surface area (Å²) in [5.41, 5.74) is 4.48. The Morgan fingerprint density at radius 2 is 1.85 bits per heavy atom. The predicted molar refractivity (Wildman–Crippen MR) is 126 cm³/mol. The largest absolute Gasteiger partial charge is 0.495 e. The van der Waals surface area contributed by atoms with Gasteiger partial charge in [-0.05, 0) is 54.8 Å². The van der Waals surface area contributed by atoms with E-state index in [0.29, 0.717) is 36.1 Å². The third-order valence-corrected chi connectivity index (χ3v) is 6.28. The quantitative estimate of drug-likeness (QED) is 0.451. The van der Waals surface area contributed by atoms with Crippen LogP contribution in [0.3, 0.4) is 0 Å². The lowest BCUT2D eigenvalue weighted by Gasteiger charge is -2.27. The fourth-order valence-electron chi connectivity index (χ4n) is 4.59. The van der Waals surface area contributed by atoms with E-state index in [1.807, 2.05) is 48.0 Å². The molecule has 0 radical (unpaired) electrons. The van der Waals surface area contributed by atoms with Crippen molar-refractivity contribution in [3.8, 4) is 11.4 Å². The number of benzene rings is 2. The molecule has 0 N–H and O–H groups in total. The van der Waals surface area contributed by atoms with Crippen molar-refractivity contribution in [2.75, 3.05) is 7.11 Å². The first-order valence-electron chi connectivity index (χ1n) is 11.1. The maximum absolute atomic E-state index is 13.6. The third kappa shape index (κ3) is 3.94. The molecule has 1 aliphatic heterocycles. The van der Waals surface area contributed by atoms with Crippen LogP contribution in [0, 0.1) is 12.7 Å². The monoisotopic (exact) mass is 457 g/mol. The van der Waals surface area contributed by atoms with E-state index >= 15 is 0 Å². The molecule has 0 amide bonds. The van der Waals surface area contributed by atoms with Crippen LogP contribution in [0.5, 0.6) is 5.75 Å². The summed E-state index contributed by atoms with van der Waals surface area (Å²) in [4.78, 5) is 30.7. The van der Waals surface area contributed by atoms with Gasteiger partial charge in [0.25, 0.3) is 5.56 Å². The number of hydrogen-bond donors (Lipinski definition) is 0. The highest BCUT2D eigenvalue weighted by molar-refractivity contribution is 5.87. The number of hydrogen-bond acceptors (Lipinski definition) is 4. The molecule has 0 fully saturated rings. The van der Waals surface area contributed by atoms with Gasteiger partial charge >= 0.3 is 0 Å². The number of ketones is 1. The Kier molecular flexibility index (Phi) is 5.61. The number of rotatable bonds is 5. The summed E-state index contributed by atoms with van der Waals surface area (Å²) in [6, 6.07) is 14.6. The van der Waals surface area contributed by atoms with E-state index in [0.717, 1.165) is 22.6 Å². The Morgan fingerprint density at radius 3 is 2.56 bits per heavy atom. The molecule has 6 nitrogen and oxygen atoms in total. The van der Waals surface area contributed by atoms with E-state index in [2.05, 4.69) is 4.98 Å². The van der Waals surface area contributed by atoms with Gasteiger partial charge in [0.05, 0.1) is 24.8 Å². The van der Waals surface area contributed by atoms with Crippen LogP contribution in [0.2, 0.25) is 0 Å². The molecule has 2 aromatic heterocycles. The Balaban J connectivity index is 1.52. The Morgan fingerprint density at radius 1 is 1.06 bits per heavy atom. The summed E-state index contributed by atoms with van der Waals surface area (Å²) in [5, 5.41) is 0. The molecule has 1 atom stereocenters. The first-order chi connectivity index (χ1) is 16.4. The van der Waals surface area contributed by atoms with Gasteiger partial charge in [0, 0.05) is 30.3 Å². The number of fused-ring (bicyclic) bond motifs is 1. The zero-order valence-electron chi connectivity index (χ0n) is 19.0. The third-order valence-electron chi connectivity index (χ3n) is 6.28. The minimum atomic E-state index is -0.738. The molecule has 172 valence electrons. The fourth-order valence-corrected chi connectivity index (χ4v) is 4.59. The Labute approximate surface area is 196 Å². The molecule has 34 heavy (non-hydrogen) atoms. The predicted octanol–water partition coefficient (Wildman–Crippen LogP) is 4.19. The van der Waals surface area contributed by atoms with E-state index in [-0.39, 0.29) is 17.2 Å². The second-order valence-corrected chi connectivity index (χ2v) is 8.55. The average Bonchev–Trinajstić information content (AvgIpc) is 3.27. The summed E-state index contributed by atoms with van der Waals surface area (Å²) in [5.74, 6) is 0.254. The lowest BCUT2D eigenvalue weighted by molar-refractivity contribution is -0.122. The van der Waals surface area contributed by atoms with Crippen LogP contribution in [0.25, 0.3) is 5.69 Å². The van der Waals surface area contributed by atoms with Crippen molar-refractivity contribution in [3.05, 3.63) is 111 Å². The molecular formula is C27H24FN3O3. The molecule has 7 heteroatoms. The van der Waals surface area contributed by atoms with E-state index < -0.39 is 6.04 Å². The first kappa shape index (κ1) is 21.8. The van der Waals surface area contributed by atoms with Crippen LogP contribution in [-0.4, -0.2) is 27.0 Å². The van der Waals surface area contributed by atoms with Gasteiger partial charge in [0.2, 0.25) is 0 Å². The van der Waals surface area contributed by atoms with Gasteiger partial charge in [-0.3, -0.25) is 14.2 Å². The molecule has 0 bridgehead atoms. The number of imidazole rings is 1.